The van der Waals surface area contributed by atoms with Gasteiger partial charge in [0.25, 0.3) is 0 Å². The minimum absolute atomic E-state index is 0. The lowest BCUT2D eigenvalue weighted by Crippen LogP contribution is -2.45. The monoisotopic (exact) mass is 338 g/mol. The summed E-state index contributed by atoms with van der Waals surface area (Å²) in [6.07, 6.45) is 2.18. The predicted molar refractivity (Wildman–Crippen MR) is 89.5 cm³/mol. The zero-order valence-corrected chi connectivity index (χ0v) is 14.2. The van der Waals surface area contributed by atoms with Gasteiger partial charge in [0.1, 0.15) is 11.6 Å². The highest BCUT2D eigenvalue weighted by Crippen LogP contribution is 2.33. The van der Waals surface area contributed by atoms with Crippen LogP contribution < -0.4 is 10.1 Å². The lowest BCUT2D eigenvalue weighted by molar-refractivity contribution is 0.162. The number of nitrogens with one attached hydrogen (secondary N) is 1. The molecule has 0 bridgehead atoms. The number of halogens is 3. The molecule has 0 saturated carbocycles. The Kier molecular flexibility index (Phi) is 9.95. The molecule has 21 heavy (non-hydrogen) atoms. The van der Waals surface area contributed by atoms with Gasteiger partial charge in [-0.1, -0.05) is 19.4 Å². The van der Waals surface area contributed by atoms with Gasteiger partial charge >= 0.3 is 0 Å². The minimum atomic E-state index is -0.240. The molecule has 1 N–H and O–H groups in total. The van der Waals surface area contributed by atoms with E-state index in [9.17, 15) is 4.39 Å². The number of hydrogen-bond acceptors (Lipinski definition) is 3. The van der Waals surface area contributed by atoms with Crippen LogP contribution >= 0.6 is 24.8 Å². The van der Waals surface area contributed by atoms with Gasteiger partial charge in [-0.3, -0.25) is 4.90 Å². The molecule has 0 aliphatic carbocycles. The Bertz CT molecular complexity index is 415. The summed E-state index contributed by atoms with van der Waals surface area (Å²) in [7, 11) is 1.61. The molecule has 6 heteroatoms. The standard InChI is InChI=1S/C15H23FN2O.2ClH/c1-3-4-14(18-9-7-17-8-10-18)13-6-5-12(16)11-15(13)19-2;;/h5-6,11,14,17H,3-4,7-10H2,1-2H3;2*1H/t14-;;/m1../s1. The van der Waals surface area contributed by atoms with Crippen LogP contribution in [0.5, 0.6) is 5.75 Å². The maximum Gasteiger partial charge on any atom is 0.126 e. The van der Waals surface area contributed by atoms with Crippen molar-refractivity contribution in [2.75, 3.05) is 33.3 Å². The number of methoxy groups -OCH3 is 1. The Morgan fingerprint density at radius 1 is 1.29 bits per heavy atom. The van der Waals surface area contributed by atoms with E-state index in [0.29, 0.717) is 11.8 Å². The Morgan fingerprint density at radius 3 is 2.52 bits per heavy atom. The molecule has 1 aromatic rings. The molecule has 0 radical (unpaired) electrons. The van der Waals surface area contributed by atoms with Gasteiger partial charge < -0.3 is 10.1 Å². The molecule has 1 aliphatic rings. The van der Waals surface area contributed by atoms with E-state index >= 15 is 0 Å². The van der Waals surface area contributed by atoms with Crippen molar-refractivity contribution in [1.82, 2.24) is 10.2 Å². The fraction of sp³-hybridized carbons (Fsp3) is 0.600. The van der Waals surface area contributed by atoms with E-state index in [-0.39, 0.29) is 30.6 Å². The highest BCUT2D eigenvalue weighted by atomic mass is 35.5. The molecule has 0 aromatic heterocycles. The van der Waals surface area contributed by atoms with Gasteiger partial charge in [-0.25, -0.2) is 4.39 Å². The van der Waals surface area contributed by atoms with E-state index in [2.05, 4.69) is 17.1 Å². The Hall–Kier alpha value is -0.550. The Balaban J connectivity index is 0.00000200. The topological polar surface area (TPSA) is 24.5 Å². The van der Waals surface area contributed by atoms with Gasteiger partial charge in [0.05, 0.1) is 7.11 Å². The SMILES string of the molecule is CCC[C@H](c1ccc(F)cc1OC)N1CCNCC1.Cl.Cl. The number of nitrogens with zero attached hydrogens (tertiary/aromatic N) is 1. The van der Waals surface area contributed by atoms with Gasteiger partial charge in [0.15, 0.2) is 0 Å². The maximum atomic E-state index is 13.3. The molecule has 3 nitrogen and oxygen atoms in total. The summed E-state index contributed by atoms with van der Waals surface area (Å²) in [4.78, 5) is 2.47. The number of rotatable bonds is 5. The van der Waals surface area contributed by atoms with Crippen molar-refractivity contribution in [1.29, 1.82) is 0 Å². The van der Waals surface area contributed by atoms with Crippen LogP contribution in [0.2, 0.25) is 0 Å². The van der Waals surface area contributed by atoms with Gasteiger partial charge in [-0.2, -0.15) is 0 Å². The maximum absolute atomic E-state index is 13.3. The van der Waals surface area contributed by atoms with Crippen molar-refractivity contribution in [3.63, 3.8) is 0 Å². The first-order chi connectivity index (χ1) is 9.26. The molecule has 0 unspecified atom stereocenters. The third-order valence-electron chi connectivity index (χ3n) is 3.71. The zero-order valence-electron chi connectivity index (χ0n) is 12.6. The second-order valence-electron chi connectivity index (χ2n) is 4.98. The molecule has 0 spiro atoms. The van der Waals surface area contributed by atoms with Gasteiger partial charge in [-0.05, 0) is 12.5 Å². The third-order valence-corrected chi connectivity index (χ3v) is 3.71. The molecule has 1 heterocycles. The first-order valence-electron chi connectivity index (χ1n) is 7.04. The fourth-order valence-corrected chi connectivity index (χ4v) is 2.76. The Labute approximate surface area is 139 Å². The number of ether oxygens (including phenoxy) is 1. The quantitative estimate of drug-likeness (QED) is 0.890. The highest BCUT2D eigenvalue weighted by Gasteiger charge is 2.24. The number of benzene rings is 1. The molecule has 1 saturated heterocycles. The van der Waals surface area contributed by atoms with Crippen LogP contribution in [0.4, 0.5) is 4.39 Å². The summed E-state index contributed by atoms with van der Waals surface area (Å²) in [5, 5.41) is 3.37. The summed E-state index contributed by atoms with van der Waals surface area (Å²) in [5.41, 5.74) is 1.10. The normalized spacial score (nSPS) is 16.5. The van der Waals surface area contributed by atoms with Crippen LogP contribution in [0.3, 0.4) is 0 Å². The van der Waals surface area contributed by atoms with Crippen molar-refractivity contribution in [2.45, 2.75) is 25.8 Å². The predicted octanol–water partition coefficient (Wildman–Crippen LogP) is 3.42. The minimum Gasteiger partial charge on any atom is -0.496 e. The summed E-state index contributed by atoms with van der Waals surface area (Å²) < 4.78 is 18.7. The van der Waals surface area contributed by atoms with E-state index in [4.69, 9.17) is 4.74 Å². The summed E-state index contributed by atoms with van der Waals surface area (Å²) >= 11 is 0. The second kappa shape index (κ2) is 10.2. The van der Waals surface area contributed by atoms with Crippen LogP contribution in [-0.4, -0.2) is 38.2 Å². The van der Waals surface area contributed by atoms with Crippen molar-refractivity contribution in [3.05, 3.63) is 29.6 Å². The molecule has 1 aromatic carbocycles. The summed E-state index contributed by atoms with van der Waals surface area (Å²) in [6.45, 7) is 6.29. The molecule has 1 atom stereocenters. The lowest BCUT2D eigenvalue weighted by Gasteiger charge is -2.35. The van der Waals surface area contributed by atoms with Gasteiger partial charge in [0, 0.05) is 43.9 Å². The zero-order chi connectivity index (χ0) is 13.7. The average Bonchev–Trinajstić information content (AvgIpc) is 2.46. The number of hydrogen-bond donors (Lipinski definition) is 1. The van der Waals surface area contributed by atoms with Gasteiger partial charge in [-0.15, -0.1) is 24.8 Å². The molecular formula is C15H25Cl2FN2O. The van der Waals surface area contributed by atoms with E-state index in [1.807, 2.05) is 6.07 Å². The summed E-state index contributed by atoms with van der Waals surface area (Å²) in [6, 6.07) is 5.21. The van der Waals surface area contributed by atoms with E-state index in [1.54, 1.807) is 7.11 Å². The van der Waals surface area contributed by atoms with Gasteiger partial charge in [0.2, 0.25) is 0 Å². The first kappa shape index (κ1) is 20.5. The average molecular weight is 339 g/mol. The first-order valence-corrected chi connectivity index (χ1v) is 7.04. The summed E-state index contributed by atoms with van der Waals surface area (Å²) in [5.74, 6) is 0.424. The van der Waals surface area contributed by atoms with Crippen LogP contribution in [-0.2, 0) is 0 Å². The van der Waals surface area contributed by atoms with Crippen molar-refractivity contribution >= 4 is 24.8 Å². The van der Waals surface area contributed by atoms with E-state index in [0.717, 1.165) is 44.6 Å². The third kappa shape index (κ3) is 5.29. The second-order valence-corrected chi connectivity index (χ2v) is 4.98. The molecule has 2 rings (SSSR count). The van der Waals surface area contributed by atoms with E-state index < -0.39 is 0 Å². The number of piperazine rings is 1. The lowest BCUT2D eigenvalue weighted by atomic mass is 9.98. The van der Waals surface area contributed by atoms with Crippen LogP contribution in [0.25, 0.3) is 0 Å². The van der Waals surface area contributed by atoms with Crippen molar-refractivity contribution in [2.24, 2.45) is 0 Å². The fourth-order valence-electron chi connectivity index (χ4n) is 2.76. The smallest absolute Gasteiger partial charge is 0.126 e. The van der Waals surface area contributed by atoms with Crippen molar-refractivity contribution in [3.8, 4) is 5.75 Å². The van der Waals surface area contributed by atoms with Crippen LogP contribution in [0.1, 0.15) is 31.4 Å². The van der Waals surface area contributed by atoms with Crippen molar-refractivity contribution < 1.29 is 9.13 Å². The van der Waals surface area contributed by atoms with Crippen LogP contribution in [0.15, 0.2) is 18.2 Å². The van der Waals surface area contributed by atoms with E-state index in [1.165, 1.54) is 12.1 Å². The molecular weight excluding hydrogens is 314 g/mol. The molecule has 1 fully saturated rings. The molecule has 0 amide bonds. The van der Waals surface area contributed by atoms with Crippen LogP contribution in [0, 0.1) is 5.82 Å². The molecule has 122 valence electrons. The Morgan fingerprint density at radius 2 is 1.95 bits per heavy atom. The largest absolute Gasteiger partial charge is 0.496 e. The highest BCUT2D eigenvalue weighted by molar-refractivity contribution is 5.85. The molecule has 1 aliphatic heterocycles.